The summed E-state index contributed by atoms with van der Waals surface area (Å²) >= 11 is 0. The fourth-order valence-electron chi connectivity index (χ4n) is 2.80. The smallest absolute Gasteiger partial charge is 0.251 e. The number of nitrogens with zero attached hydrogens (tertiary/aromatic N) is 2. The number of halogens is 2. The highest BCUT2D eigenvalue weighted by atomic mass is 32.2. The third-order valence-corrected chi connectivity index (χ3v) is 5.98. The molecule has 9 heteroatoms. The fourth-order valence-corrected chi connectivity index (χ4v) is 4.24. The van der Waals surface area contributed by atoms with Crippen LogP contribution in [0.4, 0.5) is 8.78 Å². The molecule has 0 saturated carbocycles. The number of fused-ring (bicyclic) bond motifs is 1. The molecule has 0 aromatic heterocycles. The summed E-state index contributed by atoms with van der Waals surface area (Å²) in [4.78, 5) is 1.71. The van der Waals surface area contributed by atoms with Gasteiger partial charge >= 0.3 is 0 Å². The first-order valence-corrected chi connectivity index (χ1v) is 9.31. The van der Waals surface area contributed by atoms with E-state index in [2.05, 4.69) is 0 Å². The summed E-state index contributed by atoms with van der Waals surface area (Å²) in [5.41, 5.74) is 0. The second-order valence-electron chi connectivity index (χ2n) is 5.75. The molecule has 0 aliphatic carbocycles. The van der Waals surface area contributed by atoms with E-state index in [0.717, 1.165) is 6.42 Å². The highest BCUT2D eigenvalue weighted by molar-refractivity contribution is 7.89. The van der Waals surface area contributed by atoms with E-state index in [1.165, 1.54) is 16.4 Å². The van der Waals surface area contributed by atoms with Crippen molar-refractivity contribution in [2.24, 2.45) is 0 Å². The first-order valence-electron chi connectivity index (χ1n) is 7.87. The molecule has 3 rings (SSSR count). The van der Waals surface area contributed by atoms with E-state index in [9.17, 15) is 17.2 Å². The van der Waals surface area contributed by atoms with Crippen LogP contribution < -0.4 is 9.47 Å². The Balaban J connectivity index is 1.73. The molecule has 1 saturated heterocycles. The van der Waals surface area contributed by atoms with Crippen molar-refractivity contribution in [2.75, 3.05) is 45.9 Å². The predicted molar refractivity (Wildman–Crippen MR) is 83.3 cm³/mol. The lowest BCUT2D eigenvalue weighted by Gasteiger charge is -2.33. The second kappa shape index (κ2) is 7.20. The first-order chi connectivity index (χ1) is 11.5. The minimum atomic E-state index is -3.68. The van der Waals surface area contributed by atoms with Gasteiger partial charge in [0.15, 0.2) is 11.5 Å². The third kappa shape index (κ3) is 3.79. The quantitative estimate of drug-likeness (QED) is 0.811. The van der Waals surface area contributed by atoms with Crippen molar-refractivity contribution in [1.29, 1.82) is 0 Å². The topological polar surface area (TPSA) is 59.1 Å². The number of benzene rings is 1. The molecule has 0 unspecified atom stereocenters. The normalized spacial score (nSPS) is 20.1. The van der Waals surface area contributed by atoms with Gasteiger partial charge in [0.2, 0.25) is 10.0 Å². The highest BCUT2D eigenvalue weighted by Crippen LogP contribution is 2.33. The number of ether oxygens (including phenoxy) is 2. The number of hydrogen-bond acceptors (Lipinski definition) is 5. The Bertz CT molecular complexity index is 676. The molecule has 1 fully saturated rings. The Morgan fingerprint density at radius 1 is 1.04 bits per heavy atom. The van der Waals surface area contributed by atoms with Crippen LogP contribution in [0.25, 0.3) is 0 Å². The maximum atomic E-state index is 12.8. The summed E-state index contributed by atoms with van der Waals surface area (Å²) in [6, 6.07) is 4.57. The molecular weight excluding hydrogens is 342 g/mol. The molecule has 0 atom stereocenters. The van der Waals surface area contributed by atoms with Crippen molar-refractivity contribution in [3.63, 3.8) is 0 Å². The molecule has 2 aliphatic heterocycles. The number of rotatable bonds is 4. The van der Waals surface area contributed by atoms with Crippen LogP contribution in [-0.4, -0.2) is 70.0 Å². The number of hydrogen-bond donors (Lipinski definition) is 0. The van der Waals surface area contributed by atoms with Gasteiger partial charge in [0.1, 0.15) is 0 Å². The lowest BCUT2D eigenvalue weighted by Crippen LogP contribution is -2.49. The minimum Gasteiger partial charge on any atom is -0.490 e. The molecule has 1 aromatic carbocycles. The lowest BCUT2D eigenvalue weighted by atomic mass is 10.3. The average molecular weight is 362 g/mol. The van der Waals surface area contributed by atoms with Crippen LogP contribution >= 0.6 is 0 Å². The van der Waals surface area contributed by atoms with Gasteiger partial charge in [-0.1, -0.05) is 0 Å². The Hall–Kier alpha value is -1.45. The molecule has 0 spiro atoms. The molecule has 2 heterocycles. The monoisotopic (exact) mass is 362 g/mol. The fraction of sp³-hybridized carbons (Fsp3) is 0.600. The molecule has 2 aliphatic rings. The molecule has 0 bridgehead atoms. The lowest BCUT2D eigenvalue weighted by molar-refractivity contribution is 0.0716. The van der Waals surface area contributed by atoms with Crippen molar-refractivity contribution in [3.05, 3.63) is 18.2 Å². The molecule has 0 amide bonds. The van der Waals surface area contributed by atoms with Gasteiger partial charge in [-0.15, -0.1) is 0 Å². The molecule has 0 N–H and O–H groups in total. The van der Waals surface area contributed by atoms with Crippen molar-refractivity contribution in [2.45, 2.75) is 17.7 Å². The van der Waals surface area contributed by atoms with E-state index in [1.54, 1.807) is 11.0 Å². The van der Waals surface area contributed by atoms with Gasteiger partial charge in [-0.25, -0.2) is 17.2 Å². The van der Waals surface area contributed by atoms with E-state index in [4.69, 9.17) is 9.47 Å². The van der Waals surface area contributed by atoms with Crippen LogP contribution in [0.15, 0.2) is 23.1 Å². The van der Waals surface area contributed by atoms with Gasteiger partial charge in [-0.2, -0.15) is 4.31 Å². The zero-order valence-electron chi connectivity index (χ0n) is 13.2. The Kier molecular flexibility index (Phi) is 5.21. The molecule has 134 valence electrons. The van der Waals surface area contributed by atoms with Crippen LogP contribution in [0.3, 0.4) is 0 Å². The van der Waals surface area contributed by atoms with Crippen LogP contribution in [0.2, 0.25) is 0 Å². The third-order valence-electron chi connectivity index (χ3n) is 4.08. The van der Waals surface area contributed by atoms with E-state index in [1.807, 2.05) is 0 Å². The zero-order valence-corrected chi connectivity index (χ0v) is 14.0. The Labute approximate surface area is 140 Å². The molecular formula is C15H20F2N2O4S. The summed E-state index contributed by atoms with van der Waals surface area (Å²) in [5, 5.41) is 0. The summed E-state index contributed by atoms with van der Waals surface area (Å²) in [6.07, 6.45) is -1.67. The van der Waals surface area contributed by atoms with Gasteiger partial charge < -0.3 is 9.47 Å². The van der Waals surface area contributed by atoms with Crippen molar-refractivity contribution in [1.82, 2.24) is 9.21 Å². The minimum absolute atomic E-state index is 0.133. The largest absolute Gasteiger partial charge is 0.490 e. The van der Waals surface area contributed by atoms with Crippen LogP contribution in [0, 0.1) is 0 Å². The van der Waals surface area contributed by atoms with Crippen LogP contribution in [0.5, 0.6) is 11.5 Å². The Morgan fingerprint density at radius 3 is 2.38 bits per heavy atom. The summed E-state index contributed by atoms with van der Waals surface area (Å²) in [5.74, 6) is 0.957. The highest BCUT2D eigenvalue weighted by Gasteiger charge is 2.30. The standard InChI is InChI=1S/C15H20F2N2O4S/c16-15(17)11-18-4-6-19(7-5-18)24(20,21)12-2-3-13-14(10-12)23-9-1-8-22-13/h2-3,10,15H,1,4-9,11H2. The number of sulfonamides is 1. The van der Waals surface area contributed by atoms with Crippen LogP contribution in [0.1, 0.15) is 6.42 Å². The number of alkyl halides is 2. The molecule has 1 aromatic rings. The summed E-state index contributed by atoms with van der Waals surface area (Å²) in [7, 11) is -3.68. The first kappa shape index (κ1) is 17.4. The Morgan fingerprint density at radius 2 is 1.71 bits per heavy atom. The summed E-state index contributed by atoms with van der Waals surface area (Å²) < 4.78 is 62.7. The molecule has 24 heavy (non-hydrogen) atoms. The van der Waals surface area contributed by atoms with Gasteiger partial charge in [0.05, 0.1) is 24.7 Å². The van der Waals surface area contributed by atoms with E-state index in [0.29, 0.717) is 37.8 Å². The SMILES string of the molecule is O=S(=O)(c1ccc2c(c1)OCCCO2)N1CCN(CC(F)F)CC1. The molecule has 0 radical (unpaired) electrons. The second-order valence-corrected chi connectivity index (χ2v) is 7.69. The van der Waals surface area contributed by atoms with Crippen LogP contribution in [-0.2, 0) is 10.0 Å². The molecule has 6 nitrogen and oxygen atoms in total. The van der Waals surface area contributed by atoms with Crippen molar-refractivity contribution < 1.29 is 26.7 Å². The summed E-state index contributed by atoms with van der Waals surface area (Å²) in [6.45, 7) is 1.68. The van der Waals surface area contributed by atoms with Gasteiger partial charge in [0.25, 0.3) is 6.43 Å². The van der Waals surface area contributed by atoms with Crippen molar-refractivity contribution in [3.8, 4) is 11.5 Å². The van der Waals surface area contributed by atoms with Gasteiger partial charge in [0, 0.05) is 38.7 Å². The van der Waals surface area contributed by atoms with E-state index < -0.39 is 16.4 Å². The average Bonchev–Trinajstić information content (AvgIpc) is 2.79. The van der Waals surface area contributed by atoms with Gasteiger partial charge in [-0.05, 0) is 12.1 Å². The maximum Gasteiger partial charge on any atom is 0.251 e. The van der Waals surface area contributed by atoms with Crippen molar-refractivity contribution >= 4 is 10.0 Å². The van der Waals surface area contributed by atoms with Gasteiger partial charge in [-0.3, -0.25) is 4.90 Å². The maximum absolute atomic E-state index is 12.8. The predicted octanol–water partition coefficient (Wildman–Crippen LogP) is 1.42. The van der Waals surface area contributed by atoms with E-state index >= 15 is 0 Å². The zero-order chi connectivity index (χ0) is 17.2. The number of piperazine rings is 1. The van der Waals surface area contributed by atoms with E-state index in [-0.39, 0.29) is 24.5 Å².